The first-order valence-electron chi connectivity index (χ1n) is 6.33. The number of nitrogen functional groups attached to an aromatic ring is 1. The number of anilines is 1. The molecule has 1 heterocycles. The minimum absolute atomic E-state index is 0.154. The summed E-state index contributed by atoms with van der Waals surface area (Å²) in [5, 5.41) is 0. The van der Waals surface area contributed by atoms with Crippen LogP contribution >= 0.6 is 0 Å². The Morgan fingerprint density at radius 1 is 1.26 bits per heavy atom. The first-order valence-corrected chi connectivity index (χ1v) is 6.33. The number of hydrogen-bond acceptors (Lipinski definition) is 2. The fourth-order valence-electron chi connectivity index (χ4n) is 2.09. The molecular weight excluding hydrogens is 248 g/mol. The zero-order valence-corrected chi connectivity index (χ0v) is 11.1. The lowest BCUT2D eigenvalue weighted by Crippen LogP contribution is -2.05. The summed E-state index contributed by atoms with van der Waals surface area (Å²) >= 11 is 0. The van der Waals surface area contributed by atoms with Crippen molar-refractivity contribution >= 4 is 5.82 Å². The largest absolute Gasteiger partial charge is 0.383 e. The minimum atomic E-state index is -0.646. The average Bonchev–Trinajstić information content (AvgIpc) is 2.63. The van der Waals surface area contributed by atoms with Gasteiger partial charge in [-0.1, -0.05) is 19.4 Å². The summed E-state index contributed by atoms with van der Waals surface area (Å²) in [4.78, 5) is 4.21. The Bertz CT molecular complexity index is 570. The predicted octanol–water partition coefficient (Wildman–Crippen LogP) is 3.52. The molecule has 0 atom stereocenters. The lowest BCUT2D eigenvalue weighted by Gasteiger charge is -2.07. The van der Waals surface area contributed by atoms with Gasteiger partial charge in [-0.2, -0.15) is 0 Å². The molecule has 1 aromatic carbocycles. The van der Waals surface area contributed by atoms with Crippen molar-refractivity contribution in [3.05, 3.63) is 35.7 Å². The Morgan fingerprint density at radius 2 is 1.89 bits per heavy atom. The fraction of sp³-hybridized carbons (Fsp3) is 0.357. The molecule has 3 nitrogen and oxygen atoms in total. The van der Waals surface area contributed by atoms with Crippen LogP contribution in [0.3, 0.4) is 0 Å². The van der Waals surface area contributed by atoms with Crippen LogP contribution in [0.4, 0.5) is 14.6 Å². The van der Waals surface area contributed by atoms with E-state index in [2.05, 4.69) is 11.9 Å². The van der Waals surface area contributed by atoms with E-state index in [9.17, 15) is 8.78 Å². The number of imidazole rings is 1. The molecule has 0 unspecified atom stereocenters. The number of unbranched alkanes of at least 4 members (excludes halogenated alkanes) is 1. The highest BCUT2D eigenvalue weighted by Crippen LogP contribution is 2.30. The van der Waals surface area contributed by atoms with Crippen LogP contribution in [0.2, 0.25) is 0 Å². The summed E-state index contributed by atoms with van der Waals surface area (Å²) in [5.41, 5.74) is 6.01. The van der Waals surface area contributed by atoms with E-state index in [1.807, 2.05) is 0 Å². The SMILES string of the molecule is CCCCn1c(C)nc(-c2c(F)cccc2F)c1N. The van der Waals surface area contributed by atoms with Crippen LogP contribution in [0, 0.1) is 18.6 Å². The smallest absolute Gasteiger partial charge is 0.135 e. The van der Waals surface area contributed by atoms with Gasteiger partial charge in [0.15, 0.2) is 0 Å². The third-order valence-corrected chi connectivity index (χ3v) is 3.13. The normalized spacial score (nSPS) is 10.9. The molecule has 2 aromatic rings. The van der Waals surface area contributed by atoms with E-state index in [0.717, 1.165) is 12.8 Å². The Morgan fingerprint density at radius 3 is 2.47 bits per heavy atom. The Balaban J connectivity index is 2.52. The van der Waals surface area contributed by atoms with Crippen molar-refractivity contribution in [1.29, 1.82) is 0 Å². The number of nitrogens with zero attached hydrogens (tertiary/aromatic N) is 2. The molecule has 0 spiro atoms. The number of hydrogen-bond donors (Lipinski definition) is 1. The van der Waals surface area contributed by atoms with Crippen LogP contribution < -0.4 is 5.73 Å². The van der Waals surface area contributed by atoms with E-state index >= 15 is 0 Å². The highest BCUT2D eigenvalue weighted by molar-refractivity contribution is 5.72. The molecule has 1 aromatic heterocycles. The lowest BCUT2D eigenvalue weighted by molar-refractivity contribution is 0.589. The van der Waals surface area contributed by atoms with Gasteiger partial charge in [-0.25, -0.2) is 13.8 Å². The van der Waals surface area contributed by atoms with Crippen molar-refractivity contribution in [3.63, 3.8) is 0 Å². The molecule has 0 radical (unpaired) electrons. The quantitative estimate of drug-likeness (QED) is 0.919. The first kappa shape index (κ1) is 13.5. The zero-order valence-electron chi connectivity index (χ0n) is 11.1. The zero-order chi connectivity index (χ0) is 14.0. The molecule has 0 aliphatic carbocycles. The van der Waals surface area contributed by atoms with E-state index in [1.165, 1.54) is 18.2 Å². The third kappa shape index (κ3) is 2.45. The van der Waals surface area contributed by atoms with Crippen molar-refractivity contribution in [2.45, 2.75) is 33.2 Å². The second-order valence-corrected chi connectivity index (χ2v) is 4.49. The second-order valence-electron chi connectivity index (χ2n) is 4.49. The van der Waals surface area contributed by atoms with Crippen molar-refractivity contribution in [2.75, 3.05) is 5.73 Å². The Kier molecular flexibility index (Phi) is 3.83. The molecule has 0 saturated heterocycles. The van der Waals surface area contributed by atoms with Crippen LogP contribution in [0.25, 0.3) is 11.3 Å². The average molecular weight is 265 g/mol. The van der Waals surface area contributed by atoms with Gasteiger partial charge in [-0.3, -0.25) is 0 Å². The van der Waals surface area contributed by atoms with Gasteiger partial charge in [0, 0.05) is 6.54 Å². The van der Waals surface area contributed by atoms with E-state index in [-0.39, 0.29) is 11.3 Å². The molecule has 0 saturated carbocycles. The number of aromatic nitrogens is 2. The molecule has 5 heteroatoms. The summed E-state index contributed by atoms with van der Waals surface area (Å²) in [6.07, 6.45) is 1.96. The maximum absolute atomic E-state index is 13.8. The van der Waals surface area contributed by atoms with Crippen LogP contribution in [-0.2, 0) is 6.54 Å². The monoisotopic (exact) mass is 265 g/mol. The van der Waals surface area contributed by atoms with Gasteiger partial charge < -0.3 is 10.3 Å². The first-order chi connectivity index (χ1) is 9.06. The van der Waals surface area contributed by atoms with E-state index in [1.54, 1.807) is 11.5 Å². The van der Waals surface area contributed by atoms with Gasteiger partial charge in [-0.05, 0) is 25.5 Å². The van der Waals surface area contributed by atoms with Gasteiger partial charge in [0.1, 0.15) is 29.0 Å². The molecule has 0 amide bonds. The van der Waals surface area contributed by atoms with Gasteiger partial charge in [0.05, 0.1) is 5.56 Å². The van der Waals surface area contributed by atoms with Gasteiger partial charge in [0.2, 0.25) is 0 Å². The molecule has 0 aliphatic rings. The standard InChI is InChI=1S/C14H17F2N3/c1-3-4-8-19-9(2)18-13(14(19)17)12-10(15)6-5-7-11(12)16/h5-7H,3-4,8,17H2,1-2H3. The number of rotatable bonds is 4. The van der Waals surface area contributed by atoms with Gasteiger partial charge in [0.25, 0.3) is 0 Å². The molecule has 0 fully saturated rings. The van der Waals surface area contributed by atoms with Gasteiger partial charge in [-0.15, -0.1) is 0 Å². The minimum Gasteiger partial charge on any atom is -0.383 e. The van der Waals surface area contributed by atoms with E-state index in [0.29, 0.717) is 18.2 Å². The molecular formula is C14H17F2N3. The summed E-state index contributed by atoms with van der Waals surface area (Å²) in [6, 6.07) is 3.74. The second kappa shape index (κ2) is 5.38. The van der Waals surface area contributed by atoms with Crippen LogP contribution in [-0.4, -0.2) is 9.55 Å². The maximum atomic E-state index is 13.8. The Labute approximate surface area is 111 Å². The third-order valence-electron chi connectivity index (χ3n) is 3.13. The number of nitrogens with two attached hydrogens (primary N) is 1. The molecule has 0 bridgehead atoms. The summed E-state index contributed by atoms with van der Waals surface area (Å²) in [5.74, 6) is -0.308. The topological polar surface area (TPSA) is 43.8 Å². The molecule has 0 aliphatic heterocycles. The highest BCUT2D eigenvalue weighted by atomic mass is 19.1. The molecule has 2 N–H and O–H groups in total. The Hall–Kier alpha value is -1.91. The van der Waals surface area contributed by atoms with Crippen molar-refractivity contribution in [3.8, 4) is 11.3 Å². The molecule has 19 heavy (non-hydrogen) atoms. The fourth-order valence-corrected chi connectivity index (χ4v) is 2.09. The van der Waals surface area contributed by atoms with Crippen LogP contribution in [0.15, 0.2) is 18.2 Å². The number of aryl methyl sites for hydroxylation is 1. The van der Waals surface area contributed by atoms with Crippen molar-refractivity contribution < 1.29 is 8.78 Å². The predicted molar refractivity (Wildman–Crippen MR) is 71.6 cm³/mol. The van der Waals surface area contributed by atoms with Crippen molar-refractivity contribution in [1.82, 2.24) is 9.55 Å². The van der Waals surface area contributed by atoms with Crippen LogP contribution in [0.1, 0.15) is 25.6 Å². The van der Waals surface area contributed by atoms with Crippen molar-refractivity contribution in [2.24, 2.45) is 0 Å². The van der Waals surface area contributed by atoms with Gasteiger partial charge >= 0.3 is 0 Å². The number of halogens is 2. The van der Waals surface area contributed by atoms with Crippen LogP contribution in [0.5, 0.6) is 0 Å². The molecule has 102 valence electrons. The summed E-state index contributed by atoms with van der Waals surface area (Å²) < 4.78 is 29.3. The number of benzene rings is 1. The highest BCUT2D eigenvalue weighted by Gasteiger charge is 2.19. The lowest BCUT2D eigenvalue weighted by atomic mass is 10.1. The summed E-state index contributed by atoms with van der Waals surface area (Å²) in [6.45, 7) is 4.56. The summed E-state index contributed by atoms with van der Waals surface area (Å²) in [7, 11) is 0. The maximum Gasteiger partial charge on any atom is 0.135 e. The molecule has 2 rings (SSSR count). The van der Waals surface area contributed by atoms with E-state index in [4.69, 9.17) is 5.73 Å². The van der Waals surface area contributed by atoms with E-state index < -0.39 is 11.6 Å².